The molecule has 1 aromatic heterocycles. The fourth-order valence-electron chi connectivity index (χ4n) is 3.38. The number of hydrogen-bond acceptors (Lipinski definition) is 2. The van der Waals surface area contributed by atoms with Crippen LogP contribution in [-0.4, -0.2) is 15.3 Å². The van der Waals surface area contributed by atoms with Gasteiger partial charge in [-0.3, -0.25) is 4.68 Å². The molecule has 19 heavy (non-hydrogen) atoms. The third-order valence-electron chi connectivity index (χ3n) is 4.64. The zero-order valence-corrected chi connectivity index (χ0v) is 14.1. The maximum absolute atomic E-state index is 6.70. The Labute approximate surface area is 125 Å². The van der Waals surface area contributed by atoms with Gasteiger partial charge in [-0.15, -0.1) is 0 Å². The van der Waals surface area contributed by atoms with Crippen molar-refractivity contribution in [3.63, 3.8) is 0 Å². The van der Waals surface area contributed by atoms with Crippen LogP contribution in [0, 0.1) is 18.8 Å². The Morgan fingerprint density at radius 2 is 2.21 bits per heavy atom. The van der Waals surface area contributed by atoms with E-state index in [2.05, 4.69) is 34.9 Å². The molecule has 0 aromatic carbocycles. The molecule has 4 heteroatoms. The third-order valence-corrected chi connectivity index (χ3v) is 5.67. The Bertz CT molecular complexity index is 452. The second kappa shape index (κ2) is 5.57. The van der Waals surface area contributed by atoms with Crippen LogP contribution in [0.5, 0.6) is 0 Å². The van der Waals surface area contributed by atoms with Crippen molar-refractivity contribution in [3.8, 4) is 0 Å². The highest BCUT2D eigenvalue weighted by Gasteiger charge is 2.35. The lowest BCUT2D eigenvalue weighted by Gasteiger charge is -2.39. The van der Waals surface area contributed by atoms with Crippen LogP contribution in [-0.2, 0) is 13.5 Å². The average Bonchev–Trinajstić information content (AvgIpc) is 2.56. The van der Waals surface area contributed by atoms with Gasteiger partial charge in [0.1, 0.15) is 0 Å². The van der Waals surface area contributed by atoms with Crippen LogP contribution in [0.15, 0.2) is 4.47 Å². The Balaban J connectivity index is 2.16. The molecular weight excluding hydrogens is 302 g/mol. The summed E-state index contributed by atoms with van der Waals surface area (Å²) in [4.78, 5) is 0. The molecule has 2 rings (SSSR count). The van der Waals surface area contributed by atoms with E-state index in [9.17, 15) is 0 Å². The first-order chi connectivity index (χ1) is 8.82. The van der Waals surface area contributed by atoms with Crippen LogP contribution in [0.4, 0.5) is 0 Å². The maximum atomic E-state index is 6.70. The number of nitrogens with zero attached hydrogens (tertiary/aromatic N) is 2. The third kappa shape index (κ3) is 3.22. The molecule has 2 unspecified atom stereocenters. The van der Waals surface area contributed by atoms with Crippen molar-refractivity contribution in [2.45, 2.75) is 58.4 Å². The SMILES string of the molecule is Cc1nn(C)c(CC2(N)CCCC(C(C)C)C2)c1Br. The van der Waals surface area contributed by atoms with Gasteiger partial charge in [-0.2, -0.15) is 5.10 Å². The quantitative estimate of drug-likeness (QED) is 0.922. The fourth-order valence-corrected chi connectivity index (χ4v) is 3.85. The van der Waals surface area contributed by atoms with E-state index in [0.29, 0.717) is 0 Å². The van der Waals surface area contributed by atoms with E-state index >= 15 is 0 Å². The molecule has 108 valence electrons. The highest BCUT2D eigenvalue weighted by atomic mass is 79.9. The molecule has 1 aliphatic carbocycles. The molecule has 0 aliphatic heterocycles. The highest BCUT2D eigenvalue weighted by molar-refractivity contribution is 9.10. The van der Waals surface area contributed by atoms with E-state index in [-0.39, 0.29) is 5.54 Å². The van der Waals surface area contributed by atoms with E-state index in [1.54, 1.807) is 0 Å². The van der Waals surface area contributed by atoms with Gasteiger partial charge in [-0.25, -0.2) is 0 Å². The van der Waals surface area contributed by atoms with Crippen molar-refractivity contribution in [2.75, 3.05) is 0 Å². The van der Waals surface area contributed by atoms with E-state index in [0.717, 1.165) is 41.3 Å². The van der Waals surface area contributed by atoms with Crippen molar-refractivity contribution in [1.29, 1.82) is 0 Å². The lowest BCUT2D eigenvalue weighted by Crippen LogP contribution is -2.47. The first-order valence-electron chi connectivity index (χ1n) is 7.29. The second-order valence-electron chi connectivity index (χ2n) is 6.61. The minimum Gasteiger partial charge on any atom is -0.325 e. The summed E-state index contributed by atoms with van der Waals surface area (Å²) in [6.07, 6.45) is 5.79. The number of halogens is 1. The predicted octanol–water partition coefficient (Wildman–Crippen LogP) is 3.58. The van der Waals surface area contributed by atoms with Crippen LogP contribution in [0.1, 0.15) is 50.9 Å². The normalized spacial score (nSPS) is 28.1. The van der Waals surface area contributed by atoms with Crippen LogP contribution in [0.3, 0.4) is 0 Å². The van der Waals surface area contributed by atoms with Crippen molar-refractivity contribution >= 4 is 15.9 Å². The molecule has 2 N–H and O–H groups in total. The first-order valence-corrected chi connectivity index (χ1v) is 8.08. The van der Waals surface area contributed by atoms with Crippen molar-refractivity contribution in [3.05, 3.63) is 15.9 Å². The summed E-state index contributed by atoms with van der Waals surface area (Å²) < 4.78 is 3.11. The van der Waals surface area contributed by atoms with Gasteiger partial charge in [0.05, 0.1) is 15.9 Å². The number of nitrogens with two attached hydrogens (primary N) is 1. The molecule has 1 aromatic rings. The molecule has 1 saturated carbocycles. The molecule has 3 nitrogen and oxygen atoms in total. The minimum atomic E-state index is -0.0596. The van der Waals surface area contributed by atoms with Crippen LogP contribution in [0.25, 0.3) is 0 Å². The minimum absolute atomic E-state index is 0.0596. The standard InChI is InChI=1S/C15H26BrN3/c1-10(2)12-6-5-7-15(17,8-12)9-13-14(16)11(3)18-19(13)4/h10,12H,5-9,17H2,1-4H3. The van der Waals surface area contributed by atoms with Gasteiger partial charge >= 0.3 is 0 Å². The summed E-state index contributed by atoms with van der Waals surface area (Å²) in [5, 5.41) is 4.48. The molecule has 0 amide bonds. The zero-order chi connectivity index (χ0) is 14.2. The summed E-state index contributed by atoms with van der Waals surface area (Å²) in [6.45, 7) is 6.68. The van der Waals surface area contributed by atoms with E-state index in [4.69, 9.17) is 5.73 Å². The average molecular weight is 328 g/mol. The molecule has 1 aliphatic rings. The van der Waals surface area contributed by atoms with Crippen LogP contribution < -0.4 is 5.73 Å². The van der Waals surface area contributed by atoms with E-state index in [1.807, 2.05) is 18.7 Å². The summed E-state index contributed by atoms with van der Waals surface area (Å²) in [7, 11) is 2.01. The summed E-state index contributed by atoms with van der Waals surface area (Å²) in [5.41, 5.74) is 8.94. The molecule has 1 fully saturated rings. The van der Waals surface area contributed by atoms with Crippen LogP contribution in [0.2, 0.25) is 0 Å². The van der Waals surface area contributed by atoms with Gasteiger partial charge < -0.3 is 5.73 Å². The zero-order valence-electron chi connectivity index (χ0n) is 12.5. The molecule has 0 radical (unpaired) electrons. The first kappa shape index (κ1) is 15.0. The fraction of sp³-hybridized carbons (Fsp3) is 0.800. The summed E-state index contributed by atoms with van der Waals surface area (Å²) >= 11 is 3.66. The highest BCUT2D eigenvalue weighted by Crippen LogP contribution is 2.38. The lowest BCUT2D eigenvalue weighted by molar-refractivity contribution is 0.180. The number of hydrogen-bond donors (Lipinski definition) is 1. The Hall–Kier alpha value is -0.350. The Kier molecular flexibility index (Phi) is 4.41. The summed E-state index contributed by atoms with van der Waals surface area (Å²) in [5.74, 6) is 1.51. The van der Waals surface area contributed by atoms with Gasteiger partial charge in [0, 0.05) is 19.0 Å². The van der Waals surface area contributed by atoms with Gasteiger partial charge in [-0.05, 0) is 47.5 Å². The van der Waals surface area contributed by atoms with Gasteiger partial charge in [0.15, 0.2) is 0 Å². The molecular formula is C15H26BrN3. The predicted molar refractivity (Wildman–Crippen MR) is 83.1 cm³/mol. The van der Waals surface area contributed by atoms with Gasteiger partial charge in [0.25, 0.3) is 0 Å². The van der Waals surface area contributed by atoms with Crippen molar-refractivity contribution in [1.82, 2.24) is 9.78 Å². The topological polar surface area (TPSA) is 43.8 Å². The summed E-state index contributed by atoms with van der Waals surface area (Å²) in [6, 6.07) is 0. The monoisotopic (exact) mass is 327 g/mol. The Morgan fingerprint density at radius 1 is 1.53 bits per heavy atom. The van der Waals surface area contributed by atoms with E-state index < -0.39 is 0 Å². The molecule has 2 atom stereocenters. The van der Waals surface area contributed by atoms with Crippen molar-refractivity contribution in [2.24, 2.45) is 24.6 Å². The largest absolute Gasteiger partial charge is 0.325 e. The number of rotatable bonds is 3. The van der Waals surface area contributed by atoms with Gasteiger partial charge in [-0.1, -0.05) is 26.7 Å². The number of aryl methyl sites for hydroxylation is 2. The van der Waals surface area contributed by atoms with Crippen LogP contribution >= 0.6 is 15.9 Å². The smallest absolute Gasteiger partial charge is 0.0738 e. The van der Waals surface area contributed by atoms with Crippen molar-refractivity contribution < 1.29 is 0 Å². The Morgan fingerprint density at radius 3 is 2.74 bits per heavy atom. The van der Waals surface area contributed by atoms with E-state index in [1.165, 1.54) is 18.5 Å². The number of aromatic nitrogens is 2. The molecule has 0 bridgehead atoms. The maximum Gasteiger partial charge on any atom is 0.0738 e. The molecule has 1 heterocycles. The van der Waals surface area contributed by atoms with Gasteiger partial charge in [0.2, 0.25) is 0 Å². The molecule has 0 spiro atoms. The molecule has 0 saturated heterocycles. The lowest BCUT2D eigenvalue weighted by atomic mass is 9.70. The second-order valence-corrected chi connectivity index (χ2v) is 7.40.